The number of nitrogens with zero attached hydrogens (tertiary/aromatic N) is 2. The maximum absolute atomic E-state index is 11.0. The SMILES string of the molecule is CC(C)(C)c1nc(CNC2CCCC(C(=O)O)C2)no1. The third-order valence-electron chi connectivity index (χ3n) is 3.68. The van der Waals surface area contributed by atoms with Gasteiger partial charge >= 0.3 is 5.97 Å². The molecular weight excluding hydrogens is 258 g/mol. The molecule has 112 valence electrons. The minimum Gasteiger partial charge on any atom is -0.481 e. The smallest absolute Gasteiger partial charge is 0.306 e. The Labute approximate surface area is 118 Å². The Morgan fingerprint density at radius 3 is 2.80 bits per heavy atom. The highest BCUT2D eigenvalue weighted by molar-refractivity contribution is 5.70. The number of hydrogen-bond donors (Lipinski definition) is 2. The molecule has 2 rings (SSSR count). The normalized spacial score (nSPS) is 23.8. The number of aliphatic carboxylic acids is 1. The summed E-state index contributed by atoms with van der Waals surface area (Å²) in [5.41, 5.74) is -0.148. The van der Waals surface area contributed by atoms with E-state index in [9.17, 15) is 4.79 Å². The molecule has 0 aliphatic heterocycles. The minimum atomic E-state index is -0.689. The molecule has 2 N–H and O–H groups in total. The van der Waals surface area contributed by atoms with Gasteiger partial charge in [0.15, 0.2) is 5.82 Å². The zero-order chi connectivity index (χ0) is 14.8. The Hall–Kier alpha value is -1.43. The molecule has 1 aliphatic carbocycles. The Kier molecular flexibility index (Phi) is 4.42. The molecule has 0 amide bonds. The van der Waals surface area contributed by atoms with Gasteiger partial charge in [0.2, 0.25) is 5.89 Å². The van der Waals surface area contributed by atoms with E-state index in [4.69, 9.17) is 9.63 Å². The first-order valence-electron chi connectivity index (χ1n) is 7.15. The Balaban J connectivity index is 1.86. The Morgan fingerprint density at radius 2 is 2.20 bits per heavy atom. The second-order valence-corrected chi connectivity index (χ2v) is 6.55. The zero-order valence-electron chi connectivity index (χ0n) is 12.3. The highest BCUT2D eigenvalue weighted by atomic mass is 16.5. The predicted octanol–water partition coefficient (Wildman–Crippen LogP) is 2.10. The third-order valence-corrected chi connectivity index (χ3v) is 3.68. The molecule has 0 saturated heterocycles. The van der Waals surface area contributed by atoms with Crippen LogP contribution in [0.4, 0.5) is 0 Å². The van der Waals surface area contributed by atoms with Gasteiger partial charge in [0.25, 0.3) is 0 Å². The molecular formula is C14H23N3O3. The maximum atomic E-state index is 11.0. The first-order valence-corrected chi connectivity index (χ1v) is 7.15. The van der Waals surface area contributed by atoms with Crippen LogP contribution in [-0.4, -0.2) is 27.3 Å². The van der Waals surface area contributed by atoms with E-state index in [1.54, 1.807) is 0 Å². The van der Waals surface area contributed by atoms with Crippen molar-refractivity contribution in [2.45, 2.75) is 64.5 Å². The lowest BCUT2D eigenvalue weighted by Gasteiger charge is -2.27. The van der Waals surface area contributed by atoms with Crippen molar-refractivity contribution in [3.05, 3.63) is 11.7 Å². The molecule has 1 heterocycles. The van der Waals surface area contributed by atoms with E-state index in [1.165, 1.54) is 0 Å². The number of aromatic nitrogens is 2. The second-order valence-electron chi connectivity index (χ2n) is 6.55. The summed E-state index contributed by atoms with van der Waals surface area (Å²) in [4.78, 5) is 15.4. The van der Waals surface area contributed by atoms with Crippen LogP contribution >= 0.6 is 0 Å². The van der Waals surface area contributed by atoms with Gasteiger partial charge in [-0.3, -0.25) is 4.79 Å². The molecule has 1 fully saturated rings. The van der Waals surface area contributed by atoms with Crippen molar-refractivity contribution in [1.82, 2.24) is 15.5 Å². The molecule has 2 atom stereocenters. The lowest BCUT2D eigenvalue weighted by atomic mass is 9.86. The van der Waals surface area contributed by atoms with Gasteiger partial charge in [-0.05, 0) is 19.3 Å². The summed E-state index contributed by atoms with van der Waals surface area (Å²) >= 11 is 0. The lowest BCUT2D eigenvalue weighted by Crippen LogP contribution is -2.36. The standard InChI is InChI=1S/C14H23N3O3/c1-14(2,3)13-16-11(17-20-13)8-15-10-6-4-5-9(7-10)12(18)19/h9-10,15H,4-8H2,1-3H3,(H,18,19). The second kappa shape index (κ2) is 5.91. The fourth-order valence-electron chi connectivity index (χ4n) is 2.47. The summed E-state index contributed by atoms with van der Waals surface area (Å²) in [6.07, 6.45) is 3.42. The van der Waals surface area contributed by atoms with E-state index >= 15 is 0 Å². The van der Waals surface area contributed by atoms with E-state index in [2.05, 4.69) is 15.5 Å². The maximum Gasteiger partial charge on any atom is 0.306 e. The van der Waals surface area contributed by atoms with Crippen LogP contribution in [0.2, 0.25) is 0 Å². The van der Waals surface area contributed by atoms with Crippen molar-refractivity contribution < 1.29 is 14.4 Å². The van der Waals surface area contributed by atoms with E-state index < -0.39 is 5.97 Å². The van der Waals surface area contributed by atoms with Gasteiger partial charge in [-0.25, -0.2) is 0 Å². The van der Waals surface area contributed by atoms with Crippen LogP contribution in [0.1, 0.15) is 58.2 Å². The minimum absolute atomic E-state index is 0.148. The number of carbonyl (C=O) groups is 1. The number of rotatable bonds is 4. The van der Waals surface area contributed by atoms with E-state index in [1.807, 2.05) is 20.8 Å². The number of hydrogen-bond acceptors (Lipinski definition) is 5. The van der Waals surface area contributed by atoms with Crippen LogP contribution in [0.25, 0.3) is 0 Å². The molecule has 1 saturated carbocycles. The van der Waals surface area contributed by atoms with Gasteiger partial charge in [0.05, 0.1) is 12.5 Å². The molecule has 1 aliphatic rings. The van der Waals surface area contributed by atoms with Gasteiger partial charge in [-0.2, -0.15) is 4.98 Å². The summed E-state index contributed by atoms with van der Waals surface area (Å²) in [6.45, 7) is 6.60. The quantitative estimate of drug-likeness (QED) is 0.878. The third kappa shape index (κ3) is 3.79. The van der Waals surface area contributed by atoms with Crippen molar-refractivity contribution in [3.63, 3.8) is 0 Å². The molecule has 0 radical (unpaired) electrons. The highest BCUT2D eigenvalue weighted by Crippen LogP contribution is 2.25. The molecule has 1 aromatic heterocycles. The molecule has 6 heteroatoms. The predicted molar refractivity (Wildman–Crippen MR) is 73.2 cm³/mol. The van der Waals surface area contributed by atoms with Crippen LogP contribution in [-0.2, 0) is 16.8 Å². The first kappa shape index (κ1) is 15.0. The van der Waals surface area contributed by atoms with Gasteiger partial charge < -0.3 is 14.9 Å². The largest absolute Gasteiger partial charge is 0.481 e. The van der Waals surface area contributed by atoms with Crippen molar-refractivity contribution in [2.24, 2.45) is 5.92 Å². The monoisotopic (exact) mass is 281 g/mol. The summed E-state index contributed by atoms with van der Waals surface area (Å²) in [7, 11) is 0. The molecule has 1 aromatic rings. The van der Waals surface area contributed by atoms with E-state index in [0.717, 1.165) is 19.3 Å². The summed E-state index contributed by atoms with van der Waals surface area (Å²) in [5, 5.41) is 16.4. The summed E-state index contributed by atoms with van der Waals surface area (Å²) in [5.74, 6) is 0.344. The molecule has 0 spiro atoms. The first-order chi connectivity index (χ1) is 9.36. The lowest BCUT2D eigenvalue weighted by molar-refractivity contribution is -0.143. The van der Waals surface area contributed by atoms with Gasteiger partial charge in [0.1, 0.15) is 0 Å². The molecule has 20 heavy (non-hydrogen) atoms. The fourth-order valence-corrected chi connectivity index (χ4v) is 2.47. The van der Waals surface area contributed by atoms with Crippen molar-refractivity contribution in [3.8, 4) is 0 Å². The van der Waals surface area contributed by atoms with Crippen LogP contribution in [0.3, 0.4) is 0 Å². The van der Waals surface area contributed by atoms with Crippen LogP contribution < -0.4 is 5.32 Å². The highest BCUT2D eigenvalue weighted by Gasteiger charge is 2.27. The van der Waals surface area contributed by atoms with Gasteiger partial charge in [0, 0.05) is 11.5 Å². The average Bonchev–Trinajstić information content (AvgIpc) is 2.85. The fraction of sp³-hybridized carbons (Fsp3) is 0.786. The van der Waals surface area contributed by atoms with Crippen molar-refractivity contribution in [2.75, 3.05) is 0 Å². The van der Waals surface area contributed by atoms with Crippen LogP contribution in [0.15, 0.2) is 4.52 Å². The topological polar surface area (TPSA) is 88.2 Å². The number of carboxylic acids is 1. The molecule has 0 aromatic carbocycles. The molecule has 2 unspecified atom stereocenters. The number of nitrogens with one attached hydrogen (secondary N) is 1. The van der Waals surface area contributed by atoms with Gasteiger partial charge in [-0.15, -0.1) is 0 Å². The van der Waals surface area contributed by atoms with Crippen LogP contribution in [0.5, 0.6) is 0 Å². The average molecular weight is 281 g/mol. The van der Waals surface area contributed by atoms with Crippen LogP contribution in [0, 0.1) is 5.92 Å². The van der Waals surface area contributed by atoms with E-state index in [0.29, 0.717) is 24.7 Å². The summed E-state index contributed by atoms with van der Waals surface area (Å²) < 4.78 is 5.23. The summed E-state index contributed by atoms with van der Waals surface area (Å²) in [6, 6.07) is 0.224. The molecule has 6 nitrogen and oxygen atoms in total. The zero-order valence-corrected chi connectivity index (χ0v) is 12.3. The van der Waals surface area contributed by atoms with Gasteiger partial charge in [-0.1, -0.05) is 32.3 Å². The van der Waals surface area contributed by atoms with Crippen molar-refractivity contribution >= 4 is 5.97 Å². The Bertz CT molecular complexity index is 464. The van der Waals surface area contributed by atoms with Crippen molar-refractivity contribution in [1.29, 1.82) is 0 Å². The Morgan fingerprint density at radius 1 is 1.45 bits per heavy atom. The van der Waals surface area contributed by atoms with E-state index in [-0.39, 0.29) is 17.4 Å². The number of carboxylic acid groups (broad SMARTS) is 1. The molecule has 0 bridgehead atoms.